The molecule has 2 atom stereocenters. The number of nitrogens with zero attached hydrogens (tertiary/aromatic N) is 1. The summed E-state index contributed by atoms with van der Waals surface area (Å²) < 4.78 is 16.7. The second-order valence-corrected chi connectivity index (χ2v) is 12.9. The van der Waals surface area contributed by atoms with Crippen LogP contribution >= 0.6 is 38.9 Å². The van der Waals surface area contributed by atoms with Crippen LogP contribution in [0.3, 0.4) is 0 Å². The number of hydrogen-bond donors (Lipinski definition) is 1. The zero-order chi connectivity index (χ0) is 18.9. The second kappa shape index (κ2) is 7.98. The van der Waals surface area contributed by atoms with Crippen molar-refractivity contribution in [2.45, 2.75) is 76.5 Å². The molecule has 1 saturated carbocycles. The molecule has 0 spiro atoms. The van der Waals surface area contributed by atoms with Crippen molar-refractivity contribution in [2.24, 2.45) is 5.41 Å². The molecular weight excluding hydrogens is 440 g/mol. The molecule has 0 aliphatic heterocycles. The molecule has 1 fully saturated rings. The summed E-state index contributed by atoms with van der Waals surface area (Å²) in [5.41, 5.74) is -0.772. The molecule has 0 amide bonds. The van der Waals surface area contributed by atoms with Crippen molar-refractivity contribution in [3.8, 4) is 6.07 Å². The van der Waals surface area contributed by atoms with Gasteiger partial charge in [0.2, 0.25) is 0 Å². The fourth-order valence-corrected chi connectivity index (χ4v) is 6.48. The van der Waals surface area contributed by atoms with Crippen molar-refractivity contribution in [3.05, 3.63) is 19.8 Å². The quantitative estimate of drug-likeness (QED) is 0.536. The van der Waals surface area contributed by atoms with Gasteiger partial charge in [0.05, 0.1) is 41.6 Å². The molecule has 25 heavy (non-hydrogen) atoms. The Bertz CT molecular complexity index is 686. The number of hydrogen-bond acceptors (Lipinski definition) is 3. The third-order valence-electron chi connectivity index (χ3n) is 4.93. The molecule has 0 saturated heterocycles. The van der Waals surface area contributed by atoms with Gasteiger partial charge >= 0.3 is 0 Å². The van der Waals surface area contributed by atoms with E-state index in [2.05, 4.69) is 33.6 Å². The van der Waals surface area contributed by atoms with Gasteiger partial charge < -0.3 is 0 Å². The summed E-state index contributed by atoms with van der Waals surface area (Å²) in [4.78, 5) is 0.977. The average molecular weight is 466 g/mol. The molecule has 1 aromatic heterocycles. The molecule has 7 heteroatoms. The molecular formula is C18H26BrClN2OS2. The lowest BCUT2D eigenvalue weighted by molar-refractivity contribution is 0.298. The Balaban J connectivity index is 2.30. The SMILES string of the molecule is CC(C)(C)[S@@](=O)N[C@@](C)(CCC1(C#N)CCCC1)c1sc(Br)cc1Cl. The van der Waals surface area contributed by atoms with E-state index in [0.29, 0.717) is 5.02 Å². The minimum atomic E-state index is -1.22. The molecule has 1 heterocycles. The third kappa shape index (κ3) is 5.07. The highest BCUT2D eigenvalue weighted by Gasteiger charge is 2.40. The molecule has 0 radical (unpaired) electrons. The van der Waals surface area contributed by atoms with Gasteiger partial charge in [-0.25, -0.2) is 8.93 Å². The van der Waals surface area contributed by atoms with E-state index in [1.54, 1.807) is 11.3 Å². The number of rotatable bonds is 6. The van der Waals surface area contributed by atoms with E-state index in [1.807, 2.05) is 26.8 Å². The van der Waals surface area contributed by atoms with Gasteiger partial charge in [0.25, 0.3) is 0 Å². The summed E-state index contributed by atoms with van der Waals surface area (Å²) >= 11 is 11.5. The Morgan fingerprint density at radius 3 is 2.44 bits per heavy atom. The molecule has 3 nitrogen and oxygen atoms in total. The van der Waals surface area contributed by atoms with Gasteiger partial charge in [-0.05, 0) is 75.4 Å². The smallest absolute Gasteiger partial charge is 0.0978 e. The summed E-state index contributed by atoms with van der Waals surface area (Å²) in [6.45, 7) is 7.92. The van der Waals surface area contributed by atoms with E-state index in [1.165, 1.54) is 0 Å². The Labute approximate surface area is 171 Å². The fourth-order valence-electron chi connectivity index (χ4n) is 3.24. The molecule has 2 rings (SSSR count). The van der Waals surface area contributed by atoms with E-state index < -0.39 is 16.5 Å². The molecule has 0 aromatic carbocycles. The summed E-state index contributed by atoms with van der Waals surface area (Å²) in [6.07, 6.45) is 5.69. The van der Waals surface area contributed by atoms with Crippen LogP contribution in [-0.4, -0.2) is 8.96 Å². The minimum absolute atomic E-state index is 0.243. The number of nitriles is 1. The van der Waals surface area contributed by atoms with Crippen LogP contribution in [0.1, 0.15) is 71.1 Å². The van der Waals surface area contributed by atoms with Crippen molar-refractivity contribution in [2.75, 3.05) is 0 Å². The number of nitrogens with one attached hydrogen (secondary N) is 1. The van der Waals surface area contributed by atoms with Crippen LogP contribution < -0.4 is 4.72 Å². The average Bonchev–Trinajstić information content (AvgIpc) is 3.11. The van der Waals surface area contributed by atoms with Crippen LogP contribution in [0.4, 0.5) is 0 Å². The lowest BCUT2D eigenvalue weighted by Crippen LogP contribution is -2.46. The Kier molecular flexibility index (Phi) is 6.82. The first-order valence-corrected chi connectivity index (χ1v) is 11.7. The third-order valence-corrected chi connectivity index (χ3v) is 8.99. The maximum Gasteiger partial charge on any atom is 0.0978 e. The zero-order valence-electron chi connectivity index (χ0n) is 15.2. The van der Waals surface area contributed by atoms with Crippen LogP contribution in [0, 0.1) is 16.7 Å². The molecule has 0 unspecified atom stereocenters. The maximum absolute atomic E-state index is 12.8. The summed E-state index contributed by atoms with van der Waals surface area (Å²) in [5, 5.41) is 10.4. The Morgan fingerprint density at radius 1 is 1.40 bits per heavy atom. The first-order chi connectivity index (χ1) is 11.5. The number of halogens is 2. The van der Waals surface area contributed by atoms with Crippen LogP contribution in [0.15, 0.2) is 9.85 Å². The largest absolute Gasteiger partial charge is 0.242 e. The fraction of sp³-hybridized carbons (Fsp3) is 0.722. The molecule has 1 aliphatic rings. The van der Waals surface area contributed by atoms with Crippen LogP contribution in [0.2, 0.25) is 5.02 Å². The predicted octanol–water partition coefficient (Wildman–Crippen LogP) is 6.30. The van der Waals surface area contributed by atoms with Gasteiger partial charge in [-0.3, -0.25) is 0 Å². The minimum Gasteiger partial charge on any atom is -0.242 e. The van der Waals surface area contributed by atoms with Crippen molar-refractivity contribution in [3.63, 3.8) is 0 Å². The highest BCUT2D eigenvalue weighted by atomic mass is 79.9. The second-order valence-electron chi connectivity index (χ2n) is 8.14. The van der Waals surface area contributed by atoms with Crippen LogP contribution in [0.25, 0.3) is 0 Å². The predicted molar refractivity (Wildman–Crippen MR) is 111 cm³/mol. The van der Waals surface area contributed by atoms with Gasteiger partial charge in [0, 0.05) is 4.88 Å². The lowest BCUT2D eigenvalue weighted by atomic mass is 9.79. The standard InChI is InChI=1S/C18H26BrClN2OS2/c1-16(2,3)25(23)22-17(4,15-13(20)11-14(19)24-15)9-10-18(12-21)7-5-6-8-18/h11,22H,5-10H2,1-4H3/t17-,25+/m0/s1. The van der Waals surface area contributed by atoms with E-state index in [0.717, 1.165) is 47.2 Å². The molecule has 1 aromatic rings. The summed E-state index contributed by atoms with van der Waals surface area (Å²) in [5.74, 6) is 0. The maximum atomic E-state index is 12.8. The Hall–Kier alpha value is 0.0700. The van der Waals surface area contributed by atoms with Gasteiger partial charge in [-0.15, -0.1) is 11.3 Å². The topological polar surface area (TPSA) is 52.9 Å². The van der Waals surface area contributed by atoms with Crippen LogP contribution in [0.5, 0.6) is 0 Å². The molecule has 1 aliphatic carbocycles. The first kappa shape index (κ1) is 21.4. The summed E-state index contributed by atoms with van der Waals surface area (Å²) in [6, 6.07) is 4.45. The van der Waals surface area contributed by atoms with Gasteiger partial charge in [0.1, 0.15) is 0 Å². The molecule has 0 bridgehead atoms. The van der Waals surface area contributed by atoms with Crippen molar-refractivity contribution in [1.82, 2.24) is 4.72 Å². The van der Waals surface area contributed by atoms with Gasteiger partial charge in [0.15, 0.2) is 0 Å². The first-order valence-electron chi connectivity index (χ1n) is 8.58. The van der Waals surface area contributed by atoms with Gasteiger partial charge in [-0.2, -0.15) is 5.26 Å². The van der Waals surface area contributed by atoms with Crippen molar-refractivity contribution in [1.29, 1.82) is 5.26 Å². The van der Waals surface area contributed by atoms with E-state index in [-0.39, 0.29) is 10.2 Å². The highest BCUT2D eigenvalue weighted by Crippen LogP contribution is 2.46. The van der Waals surface area contributed by atoms with E-state index in [9.17, 15) is 9.47 Å². The molecule has 1 N–H and O–H groups in total. The zero-order valence-corrected chi connectivity index (χ0v) is 19.2. The monoisotopic (exact) mass is 464 g/mol. The Morgan fingerprint density at radius 2 is 2.00 bits per heavy atom. The highest BCUT2D eigenvalue weighted by molar-refractivity contribution is 9.11. The lowest BCUT2D eigenvalue weighted by Gasteiger charge is -2.35. The van der Waals surface area contributed by atoms with Crippen LogP contribution in [-0.2, 0) is 16.5 Å². The van der Waals surface area contributed by atoms with E-state index >= 15 is 0 Å². The summed E-state index contributed by atoms with van der Waals surface area (Å²) in [7, 11) is -1.22. The van der Waals surface area contributed by atoms with Crippen molar-refractivity contribution >= 4 is 49.9 Å². The normalized spacial score (nSPS) is 20.8. The molecule has 140 valence electrons. The number of thiophene rings is 1. The van der Waals surface area contributed by atoms with Gasteiger partial charge in [-0.1, -0.05) is 24.4 Å². The van der Waals surface area contributed by atoms with E-state index in [4.69, 9.17) is 11.6 Å². The van der Waals surface area contributed by atoms with Crippen molar-refractivity contribution < 1.29 is 4.21 Å².